The van der Waals surface area contributed by atoms with E-state index >= 15 is 0 Å². The van der Waals surface area contributed by atoms with Crippen molar-refractivity contribution in [2.45, 2.75) is 19.3 Å². The molecule has 3 nitrogen and oxygen atoms in total. The Morgan fingerprint density at radius 1 is 1.26 bits per heavy atom. The number of hydrogen-bond donors (Lipinski definition) is 1. The number of carbonyl (C=O) groups is 1. The molecular formula is C15H15BrN2O. The summed E-state index contributed by atoms with van der Waals surface area (Å²) < 4.78 is 0.751. The summed E-state index contributed by atoms with van der Waals surface area (Å²) in [6.07, 6.45) is 2.40. The summed E-state index contributed by atoms with van der Waals surface area (Å²) in [5.74, 6) is -0.136. The molecule has 4 heteroatoms. The molecule has 0 spiro atoms. The molecule has 0 saturated carbocycles. The van der Waals surface area contributed by atoms with Crippen molar-refractivity contribution < 1.29 is 4.79 Å². The van der Waals surface area contributed by atoms with Gasteiger partial charge in [-0.15, -0.1) is 0 Å². The zero-order valence-electron chi connectivity index (χ0n) is 10.6. The zero-order valence-corrected chi connectivity index (χ0v) is 12.2. The van der Waals surface area contributed by atoms with Gasteiger partial charge < -0.3 is 5.32 Å². The molecule has 1 heterocycles. The van der Waals surface area contributed by atoms with Gasteiger partial charge in [0.05, 0.1) is 17.8 Å². The Balaban J connectivity index is 2.11. The fourth-order valence-corrected chi connectivity index (χ4v) is 2.17. The molecule has 0 fully saturated rings. The van der Waals surface area contributed by atoms with Crippen LogP contribution in [-0.2, 0) is 4.79 Å². The summed E-state index contributed by atoms with van der Waals surface area (Å²) >= 11 is 3.27. The Labute approximate surface area is 121 Å². The van der Waals surface area contributed by atoms with Gasteiger partial charge in [-0.3, -0.25) is 4.79 Å². The monoisotopic (exact) mass is 318 g/mol. The van der Waals surface area contributed by atoms with E-state index < -0.39 is 0 Å². The average molecular weight is 319 g/mol. The van der Waals surface area contributed by atoms with Gasteiger partial charge in [0.15, 0.2) is 0 Å². The maximum absolute atomic E-state index is 12.3. The van der Waals surface area contributed by atoms with Crippen LogP contribution in [0, 0.1) is 0 Å². The van der Waals surface area contributed by atoms with Crippen LogP contribution in [-0.4, -0.2) is 10.9 Å². The minimum atomic E-state index is -0.134. The van der Waals surface area contributed by atoms with Crippen molar-refractivity contribution in [2.75, 3.05) is 5.32 Å². The van der Waals surface area contributed by atoms with E-state index in [1.54, 1.807) is 12.3 Å². The number of anilines is 1. The summed E-state index contributed by atoms with van der Waals surface area (Å²) in [4.78, 5) is 16.4. The lowest BCUT2D eigenvalue weighted by Crippen LogP contribution is -2.20. The second-order valence-electron chi connectivity index (χ2n) is 4.23. The molecule has 0 aliphatic carbocycles. The van der Waals surface area contributed by atoms with Crippen LogP contribution in [0.2, 0.25) is 0 Å². The molecule has 1 unspecified atom stereocenters. The molecule has 98 valence electrons. The highest BCUT2D eigenvalue weighted by atomic mass is 79.9. The number of hydrogen-bond acceptors (Lipinski definition) is 2. The first-order valence-corrected chi connectivity index (χ1v) is 6.97. The van der Waals surface area contributed by atoms with Crippen LogP contribution in [0.25, 0.3) is 0 Å². The minimum Gasteiger partial charge on any atom is -0.324 e. The maximum atomic E-state index is 12.3. The lowest BCUT2D eigenvalue weighted by Gasteiger charge is -2.15. The van der Waals surface area contributed by atoms with E-state index in [2.05, 4.69) is 26.2 Å². The lowest BCUT2D eigenvalue weighted by atomic mass is 9.95. The van der Waals surface area contributed by atoms with Crippen LogP contribution >= 0.6 is 15.9 Å². The van der Waals surface area contributed by atoms with Gasteiger partial charge in [-0.05, 0) is 40.0 Å². The third-order valence-electron chi connectivity index (χ3n) is 2.92. The van der Waals surface area contributed by atoms with E-state index in [-0.39, 0.29) is 11.8 Å². The molecule has 0 aliphatic rings. The Hall–Kier alpha value is -1.68. The Kier molecular flexibility index (Phi) is 4.68. The first-order valence-electron chi connectivity index (χ1n) is 6.18. The predicted molar refractivity (Wildman–Crippen MR) is 80.0 cm³/mol. The highest BCUT2D eigenvalue weighted by Gasteiger charge is 2.18. The number of amides is 1. The number of aromatic nitrogens is 1. The van der Waals surface area contributed by atoms with E-state index in [1.807, 2.05) is 43.3 Å². The van der Waals surface area contributed by atoms with Gasteiger partial charge in [-0.25, -0.2) is 4.98 Å². The summed E-state index contributed by atoms with van der Waals surface area (Å²) in [6, 6.07) is 13.4. The fourth-order valence-electron chi connectivity index (χ4n) is 1.94. The van der Waals surface area contributed by atoms with Crippen molar-refractivity contribution in [3.05, 3.63) is 58.8 Å². The molecule has 0 bridgehead atoms. The van der Waals surface area contributed by atoms with E-state index in [0.717, 1.165) is 16.6 Å². The van der Waals surface area contributed by atoms with Gasteiger partial charge in [0.1, 0.15) is 4.60 Å². The molecule has 0 aliphatic heterocycles. The SMILES string of the molecule is CCC(C(=O)Nc1ccc(Br)nc1)c1ccccc1. The molecule has 2 rings (SSSR count). The number of rotatable bonds is 4. The van der Waals surface area contributed by atoms with Crippen LogP contribution in [0.15, 0.2) is 53.3 Å². The lowest BCUT2D eigenvalue weighted by molar-refractivity contribution is -0.117. The van der Waals surface area contributed by atoms with Crippen LogP contribution in [0.4, 0.5) is 5.69 Å². The molecule has 2 aromatic rings. The number of halogens is 1. The van der Waals surface area contributed by atoms with Gasteiger partial charge in [0.25, 0.3) is 0 Å². The number of nitrogens with zero attached hydrogens (tertiary/aromatic N) is 1. The number of nitrogens with one attached hydrogen (secondary N) is 1. The second-order valence-corrected chi connectivity index (χ2v) is 5.04. The topological polar surface area (TPSA) is 42.0 Å². The Morgan fingerprint density at radius 3 is 2.58 bits per heavy atom. The highest BCUT2D eigenvalue weighted by Crippen LogP contribution is 2.21. The van der Waals surface area contributed by atoms with Crippen molar-refractivity contribution in [2.24, 2.45) is 0 Å². The van der Waals surface area contributed by atoms with E-state index in [9.17, 15) is 4.79 Å². The van der Waals surface area contributed by atoms with Crippen molar-refractivity contribution in [1.29, 1.82) is 0 Å². The molecule has 1 atom stereocenters. The molecule has 1 N–H and O–H groups in total. The number of benzene rings is 1. The van der Waals surface area contributed by atoms with Gasteiger partial charge in [-0.2, -0.15) is 0 Å². The molecule has 0 radical (unpaired) electrons. The van der Waals surface area contributed by atoms with Gasteiger partial charge >= 0.3 is 0 Å². The molecular weight excluding hydrogens is 304 g/mol. The van der Waals surface area contributed by atoms with E-state index in [4.69, 9.17) is 0 Å². The molecule has 1 aromatic heterocycles. The van der Waals surface area contributed by atoms with E-state index in [0.29, 0.717) is 5.69 Å². The van der Waals surface area contributed by atoms with Crippen molar-refractivity contribution in [3.63, 3.8) is 0 Å². The first-order chi connectivity index (χ1) is 9.20. The minimum absolute atomic E-state index is 0.00202. The third kappa shape index (κ3) is 3.64. The quantitative estimate of drug-likeness (QED) is 0.866. The van der Waals surface area contributed by atoms with Gasteiger partial charge in [0.2, 0.25) is 5.91 Å². The largest absolute Gasteiger partial charge is 0.324 e. The van der Waals surface area contributed by atoms with Crippen LogP contribution in [0.5, 0.6) is 0 Å². The Bertz CT molecular complexity index is 540. The van der Waals surface area contributed by atoms with Gasteiger partial charge in [-0.1, -0.05) is 37.3 Å². The normalized spacial score (nSPS) is 11.9. The molecule has 19 heavy (non-hydrogen) atoms. The van der Waals surface area contributed by atoms with Crippen LogP contribution in [0.3, 0.4) is 0 Å². The van der Waals surface area contributed by atoms with Crippen LogP contribution in [0.1, 0.15) is 24.8 Å². The zero-order chi connectivity index (χ0) is 13.7. The summed E-state index contributed by atoms with van der Waals surface area (Å²) in [6.45, 7) is 2.01. The predicted octanol–water partition coefficient (Wildman–Crippen LogP) is 3.98. The summed E-state index contributed by atoms with van der Waals surface area (Å²) in [7, 11) is 0. The fraction of sp³-hybridized carbons (Fsp3) is 0.200. The number of carbonyl (C=O) groups excluding carboxylic acids is 1. The maximum Gasteiger partial charge on any atom is 0.231 e. The highest BCUT2D eigenvalue weighted by molar-refractivity contribution is 9.10. The van der Waals surface area contributed by atoms with Gasteiger partial charge in [0, 0.05) is 0 Å². The molecule has 1 aromatic carbocycles. The van der Waals surface area contributed by atoms with Crippen LogP contribution < -0.4 is 5.32 Å². The third-order valence-corrected chi connectivity index (χ3v) is 3.39. The standard InChI is InChI=1S/C15H15BrN2O/c1-2-13(11-6-4-3-5-7-11)15(19)18-12-8-9-14(16)17-10-12/h3-10,13H,2H2,1H3,(H,18,19). The smallest absolute Gasteiger partial charge is 0.231 e. The van der Waals surface area contributed by atoms with Crippen molar-refractivity contribution >= 4 is 27.5 Å². The average Bonchev–Trinajstić information content (AvgIpc) is 2.43. The summed E-state index contributed by atoms with van der Waals surface area (Å²) in [5, 5.41) is 2.90. The second kappa shape index (κ2) is 6.48. The Morgan fingerprint density at radius 2 is 2.00 bits per heavy atom. The van der Waals surface area contributed by atoms with Crippen molar-refractivity contribution in [1.82, 2.24) is 4.98 Å². The first kappa shape index (κ1) is 13.7. The van der Waals surface area contributed by atoms with Crippen molar-refractivity contribution in [3.8, 4) is 0 Å². The molecule has 1 amide bonds. The summed E-state index contributed by atoms with van der Waals surface area (Å²) in [5.41, 5.74) is 1.75. The molecule has 0 saturated heterocycles. The number of pyridine rings is 1. The van der Waals surface area contributed by atoms with E-state index in [1.165, 1.54) is 0 Å².